The Morgan fingerprint density at radius 2 is 1.12 bits per heavy atom. The summed E-state index contributed by atoms with van der Waals surface area (Å²) < 4.78 is 18.1. The summed E-state index contributed by atoms with van der Waals surface area (Å²) in [5.41, 5.74) is -5.61. The molecule has 2 rings (SSSR count). The van der Waals surface area contributed by atoms with Crippen molar-refractivity contribution in [1.82, 2.24) is 9.79 Å². The van der Waals surface area contributed by atoms with Crippen LogP contribution in [-0.4, -0.2) is 74.2 Å². The average Bonchev–Trinajstić information content (AvgIpc) is 3.45. The van der Waals surface area contributed by atoms with Crippen LogP contribution in [0.3, 0.4) is 0 Å². The first-order valence-electron chi connectivity index (χ1n) is 17.1. The third-order valence-electron chi connectivity index (χ3n) is 8.77. The standard InChI is InChI=1S/C37H58N2O12/c1-24-14-15-25(40)38(24)50-30(45)35(8,9)23-33(4,5)29(44)49-37(12,13)19-21-48-36(10,11)18-20-47-28(43)32(2,3)22-34(6,7)31(46)51-39-26(41)16-17-27(39)42/h16-17,41-42H,1,14-15,18-23H2,2-13H3. The summed E-state index contributed by atoms with van der Waals surface area (Å²) in [6.07, 6.45) is 1.53. The predicted octanol–water partition coefficient (Wildman–Crippen LogP) is 5.77. The first-order valence-corrected chi connectivity index (χ1v) is 17.1. The molecule has 1 aromatic heterocycles. The molecule has 288 valence electrons. The largest absolute Gasteiger partial charge is 0.492 e. The number of aromatic nitrogens is 1. The molecule has 0 aromatic carbocycles. The van der Waals surface area contributed by atoms with Crippen molar-refractivity contribution >= 4 is 29.8 Å². The van der Waals surface area contributed by atoms with Crippen LogP contribution < -0.4 is 4.84 Å². The molecule has 2 N–H and O–H groups in total. The number of rotatable bonds is 18. The molecule has 0 bridgehead atoms. The van der Waals surface area contributed by atoms with E-state index in [0.717, 1.165) is 5.06 Å². The Morgan fingerprint density at radius 3 is 1.61 bits per heavy atom. The van der Waals surface area contributed by atoms with E-state index in [4.69, 9.17) is 23.9 Å². The van der Waals surface area contributed by atoms with Gasteiger partial charge in [0.05, 0.1) is 46.2 Å². The zero-order valence-corrected chi connectivity index (χ0v) is 32.4. The molecule has 1 amide bonds. The molecule has 0 spiro atoms. The molecule has 2 heterocycles. The quantitative estimate of drug-likeness (QED) is 0.175. The van der Waals surface area contributed by atoms with Gasteiger partial charge in [0.15, 0.2) is 0 Å². The highest BCUT2D eigenvalue weighted by molar-refractivity contribution is 5.84. The number of carbonyl (C=O) groups excluding carboxylic acids is 5. The highest BCUT2D eigenvalue weighted by atomic mass is 16.7. The summed E-state index contributed by atoms with van der Waals surface area (Å²) in [4.78, 5) is 74.6. The lowest BCUT2D eigenvalue weighted by Crippen LogP contribution is -2.42. The van der Waals surface area contributed by atoms with E-state index in [0.29, 0.717) is 29.7 Å². The maximum atomic E-state index is 13.3. The monoisotopic (exact) mass is 722 g/mol. The Kier molecular flexibility index (Phi) is 13.2. The van der Waals surface area contributed by atoms with Crippen molar-refractivity contribution in [3.63, 3.8) is 0 Å². The minimum absolute atomic E-state index is 0.0517. The summed E-state index contributed by atoms with van der Waals surface area (Å²) in [7, 11) is 0. The highest BCUT2D eigenvalue weighted by Gasteiger charge is 2.45. The van der Waals surface area contributed by atoms with E-state index in [2.05, 4.69) is 6.58 Å². The number of carbonyl (C=O) groups is 5. The fourth-order valence-electron chi connectivity index (χ4n) is 5.82. The van der Waals surface area contributed by atoms with Gasteiger partial charge >= 0.3 is 23.9 Å². The van der Waals surface area contributed by atoms with Crippen LogP contribution in [0, 0.1) is 21.7 Å². The van der Waals surface area contributed by atoms with Crippen molar-refractivity contribution in [2.75, 3.05) is 13.2 Å². The molecule has 1 aliphatic rings. The Bertz CT molecular complexity index is 1450. The van der Waals surface area contributed by atoms with Crippen molar-refractivity contribution in [2.45, 2.75) is 133 Å². The number of allylic oxidation sites excluding steroid dienone is 1. The van der Waals surface area contributed by atoms with Crippen LogP contribution in [0.4, 0.5) is 0 Å². The zero-order valence-electron chi connectivity index (χ0n) is 32.4. The Hall–Kier alpha value is -4.07. The van der Waals surface area contributed by atoms with E-state index in [1.54, 1.807) is 69.2 Å². The fraction of sp³-hybridized carbons (Fsp3) is 0.703. The summed E-state index contributed by atoms with van der Waals surface area (Å²) in [6.45, 7) is 24.5. The van der Waals surface area contributed by atoms with E-state index in [-0.39, 0.29) is 38.4 Å². The number of aromatic hydroxyl groups is 2. The lowest BCUT2D eigenvalue weighted by molar-refractivity contribution is -0.197. The van der Waals surface area contributed by atoms with Gasteiger partial charge in [-0.2, -0.15) is 0 Å². The SMILES string of the molecule is C=C1CCC(=O)N1OC(=O)C(C)(C)CC(C)(C)C(=O)OC(C)(C)CCOC(C)(C)CCOC(=O)C(C)(C)CC(C)(C)C(=O)On1c(O)ccc1O. The van der Waals surface area contributed by atoms with E-state index in [9.17, 15) is 34.2 Å². The molecule has 1 aromatic rings. The molecular weight excluding hydrogens is 664 g/mol. The maximum absolute atomic E-state index is 13.3. The van der Waals surface area contributed by atoms with Crippen molar-refractivity contribution < 1.29 is 58.1 Å². The van der Waals surface area contributed by atoms with Crippen LogP contribution in [0.2, 0.25) is 0 Å². The van der Waals surface area contributed by atoms with E-state index < -0.39 is 68.5 Å². The Balaban J connectivity index is 1.84. The molecule has 1 aliphatic heterocycles. The second-order valence-electron chi connectivity index (χ2n) is 17.1. The molecule has 1 saturated heterocycles. The second-order valence-corrected chi connectivity index (χ2v) is 17.1. The number of ether oxygens (including phenoxy) is 3. The maximum Gasteiger partial charge on any atom is 0.338 e. The zero-order chi connectivity index (χ0) is 39.4. The normalized spacial score (nSPS) is 14.8. The molecule has 0 saturated carbocycles. The number of hydrogen-bond acceptors (Lipinski definition) is 12. The van der Waals surface area contributed by atoms with Crippen molar-refractivity contribution in [1.29, 1.82) is 0 Å². The number of amides is 1. The lowest BCUT2D eigenvalue weighted by Gasteiger charge is -2.36. The molecule has 1 fully saturated rings. The smallest absolute Gasteiger partial charge is 0.338 e. The van der Waals surface area contributed by atoms with Gasteiger partial charge in [-0.25, -0.2) is 9.59 Å². The number of esters is 2. The van der Waals surface area contributed by atoms with E-state index in [1.807, 2.05) is 13.8 Å². The van der Waals surface area contributed by atoms with Crippen molar-refractivity contribution in [3.8, 4) is 11.8 Å². The number of hydrogen-bond donors (Lipinski definition) is 2. The van der Waals surface area contributed by atoms with E-state index in [1.165, 1.54) is 12.1 Å². The van der Waals surface area contributed by atoms with Crippen LogP contribution in [0.25, 0.3) is 0 Å². The Labute approximate surface area is 301 Å². The Morgan fingerprint density at radius 1 is 0.667 bits per heavy atom. The van der Waals surface area contributed by atoms with Gasteiger partial charge in [0.2, 0.25) is 11.8 Å². The fourth-order valence-corrected chi connectivity index (χ4v) is 5.82. The third kappa shape index (κ3) is 12.0. The van der Waals surface area contributed by atoms with Crippen LogP contribution in [-0.2, 0) is 43.0 Å². The molecule has 0 radical (unpaired) electrons. The number of nitrogens with zero attached hydrogens (tertiary/aromatic N) is 2. The van der Waals surface area contributed by atoms with Gasteiger partial charge in [0.1, 0.15) is 5.60 Å². The summed E-state index contributed by atoms with van der Waals surface area (Å²) >= 11 is 0. The van der Waals surface area contributed by atoms with Crippen molar-refractivity contribution in [3.05, 3.63) is 24.4 Å². The van der Waals surface area contributed by atoms with Crippen LogP contribution in [0.15, 0.2) is 24.4 Å². The second kappa shape index (κ2) is 15.7. The molecule has 51 heavy (non-hydrogen) atoms. The molecule has 0 aliphatic carbocycles. The van der Waals surface area contributed by atoms with E-state index >= 15 is 0 Å². The minimum atomic E-state index is -1.17. The van der Waals surface area contributed by atoms with Crippen molar-refractivity contribution in [2.24, 2.45) is 21.7 Å². The first kappa shape index (κ1) is 43.1. The topological polar surface area (TPSA) is 180 Å². The minimum Gasteiger partial charge on any atom is -0.492 e. The predicted molar refractivity (Wildman–Crippen MR) is 185 cm³/mol. The van der Waals surface area contributed by atoms with Gasteiger partial charge in [-0.3, -0.25) is 14.4 Å². The van der Waals surface area contributed by atoms with Crippen LogP contribution in [0.1, 0.15) is 122 Å². The summed E-state index contributed by atoms with van der Waals surface area (Å²) in [5, 5.41) is 20.5. The molecule has 0 unspecified atom stereocenters. The molecule has 0 atom stereocenters. The van der Waals surface area contributed by atoms with Gasteiger partial charge < -0.3 is 34.1 Å². The molecular formula is C37H58N2O12. The highest BCUT2D eigenvalue weighted by Crippen LogP contribution is 2.39. The third-order valence-corrected chi connectivity index (χ3v) is 8.77. The molecule has 14 heteroatoms. The average molecular weight is 723 g/mol. The van der Waals surface area contributed by atoms with Gasteiger partial charge in [-0.05, 0) is 102 Å². The lowest BCUT2D eigenvalue weighted by atomic mass is 9.75. The van der Waals surface area contributed by atoms with Crippen LogP contribution in [0.5, 0.6) is 11.8 Å². The van der Waals surface area contributed by atoms with Gasteiger partial charge in [-0.15, -0.1) is 9.79 Å². The van der Waals surface area contributed by atoms with Gasteiger partial charge in [0, 0.05) is 31.4 Å². The first-order chi connectivity index (χ1) is 23.0. The van der Waals surface area contributed by atoms with Gasteiger partial charge in [-0.1, -0.05) is 6.58 Å². The van der Waals surface area contributed by atoms with Gasteiger partial charge in [0.25, 0.3) is 5.91 Å². The molecule has 14 nitrogen and oxygen atoms in total. The van der Waals surface area contributed by atoms with Crippen LogP contribution >= 0.6 is 0 Å². The summed E-state index contributed by atoms with van der Waals surface area (Å²) in [5.74, 6) is -3.66. The summed E-state index contributed by atoms with van der Waals surface area (Å²) in [6, 6.07) is 2.34. The number of hydroxylamine groups is 2.